The van der Waals surface area contributed by atoms with Gasteiger partial charge in [0, 0.05) is 47.7 Å². The molecule has 0 radical (unpaired) electrons. The van der Waals surface area contributed by atoms with Gasteiger partial charge >= 0.3 is 0 Å². The van der Waals surface area contributed by atoms with Crippen molar-refractivity contribution in [2.45, 2.75) is 51.1 Å². The van der Waals surface area contributed by atoms with Gasteiger partial charge in [-0.25, -0.2) is 4.98 Å². The van der Waals surface area contributed by atoms with Crippen LogP contribution in [0.1, 0.15) is 58.0 Å². The van der Waals surface area contributed by atoms with Gasteiger partial charge in [0.15, 0.2) is 5.13 Å². The average molecular weight is 494 g/mol. The highest BCUT2D eigenvalue weighted by atomic mass is 32.1. The second-order valence-electron chi connectivity index (χ2n) is 10.6. The molecule has 184 valence electrons. The fraction of sp³-hybridized carbons (Fsp3) is 0.500. The van der Waals surface area contributed by atoms with E-state index in [0.29, 0.717) is 24.7 Å². The lowest BCUT2D eigenvalue weighted by atomic mass is 9.94. The van der Waals surface area contributed by atoms with Crippen LogP contribution in [0.2, 0.25) is 0 Å². The zero-order chi connectivity index (χ0) is 24.2. The number of morpholine rings is 1. The number of fused-ring (bicyclic) bond motifs is 2. The van der Waals surface area contributed by atoms with Crippen molar-refractivity contribution in [3.63, 3.8) is 0 Å². The van der Waals surface area contributed by atoms with Gasteiger partial charge in [0.25, 0.3) is 11.8 Å². The number of amides is 2. The maximum absolute atomic E-state index is 12.6. The fourth-order valence-corrected chi connectivity index (χ4v) is 6.15. The maximum Gasteiger partial charge on any atom is 0.263 e. The first-order valence-corrected chi connectivity index (χ1v) is 13.2. The summed E-state index contributed by atoms with van der Waals surface area (Å²) in [4.78, 5) is 36.4. The predicted octanol–water partition coefficient (Wildman–Crippen LogP) is 3.28. The second kappa shape index (κ2) is 8.64. The van der Waals surface area contributed by atoms with E-state index in [2.05, 4.69) is 20.5 Å². The summed E-state index contributed by atoms with van der Waals surface area (Å²) in [6, 6.07) is 6.00. The Labute approximate surface area is 208 Å². The van der Waals surface area contributed by atoms with E-state index in [4.69, 9.17) is 9.72 Å². The van der Waals surface area contributed by atoms with Crippen molar-refractivity contribution in [1.29, 1.82) is 0 Å². The minimum Gasteiger partial charge on any atom is -0.377 e. The van der Waals surface area contributed by atoms with Gasteiger partial charge in [-0.3, -0.25) is 9.59 Å². The SMILES string of the molecule is CC1(C)Cc2nc(N3CCOC[C@@H]3Cc3c[nH]c4cc(C(=O)NCC5CC5)ccc34)sc2C(=O)N1. The number of hydrogen-bond donors (Lipinski definition) is 3. The molecule has 8 nitrogen and oxygen atoms in total. The molecule has 2 aromatic heterocycles. The molecule has 1 aromatic carbocycles. The molecular weight excluding hydrogens is 462 g/mol. The highest BCUT2D eigenvalue weighted by Gasteiger charge is 2.35. The number of aromatic nitrogens is 2. The summed E-state index contributed by atoms with van der Waals surface area (Å²) in [6.45, 7) is 6.83. The van der Waals surface area contributed by atoms with E-state index in [9.17, 15) is 9.59 Å². The van der Waals surface area contributed by atoms with Crippen molar-refractivity contribution >= 4 is 39.2 Å². The Kier molecular flexibility index (Phi) is 5.56. The first-order chi connectivity index (χ1) is 16.9. The summed E-state index contributed by atoms with van der Waals surface area (Å²) >= 11 is 1.48. The van der Waals surface area contributed by atoms with Crippen LogP contribution in [0.3, 0.4) is 0 Å². The normalized spacial score (nSPS) is 21.6. The van der Waals surface area contributed by atoms with Crippen LogP contribution in [0, 0.1) is 5.92 Å². The maximum atomic E-state index is 12.6. The Morgan fingerprint density at radius 1 is 1.34 bits per heavy atom. The quantitative estimate of drug-likeness (QED) is 0.490. The molecule has 0 spiro atoms. The Bertz CT molecular complexity index is 1290. The van der Waals surface area contributed by atoms with E-state index in [1.165, 1.54) is 29.7 Å². The molecule has 0 unspecified atom stereocenters. The molecule has 3 aromatic rings. The van der Waals surface area contributed by atoms with E-state index in [1.54, 1.807) is 0 Å². The van der Waals surface area contributed by atoms with E-state index >= 15 is 0 Å². The molecule has 2 aliphatic heterocycles. The molecule has 3 aliphatic rings. The van der Waals surface area contributed by atoms with Crippen LogP contribution in [-0.4, -0.2) is 59.7 Å². The molecule has 1 atom stereocenters. The van der Waals surface area contributed by atoms with Crippen molar-refractivity contribution in [3.8, 4) is 0 Å². The minimum absolute atomic E-state index is 0.0123. The minimum atomic E-state index is -0.280. The number of benzene rings is 1. The number of aromatic amines is 1. The second-order valence-corrected chi connectivity index (χ2v) is 11.6. The van der Waals surface area contributed by atoms with Crippen molar-refractivity contribution in [2.75, 3.05) is 31.2 Å². The van der Waals surface area contributed by atoms with Crippen LogP contribution in [0.5, 0.6) is 0 Å². The highest BCUT2D eigenvalue weighted by molar-refractivity contribution is 7.17. The van der Waals surface area contributed by atoms with Gasteiger partial charge in [0.05, 0.1) is 24.9 Å². The van der Waals surface area contributed by atoms with E-state index in [0.717, 1.165) is 52.5 Å². The van der Waals surface area contributed by atoms with Crippen LogP contribution >= 0.6 is 11.3 Å². The number of H-pyrrole nitrogens is 1. The summed E-state index contributed by atoms with van der Waals surface area (Å²) in [6.07, 6.45) is 5.99. The van der Waals surface area contributed by atoms with Gasteiger partial charge in [0.2, 0.25) is 0 Å². The number of rotatable bonds is 6. The molecule has 1 aliphatic carbocycles. The van der Waals surface area contributed by atoms with Crippen LogP contribution in [0.25, 0.3) is 10.9 Å². The van der Waals surface area contributed by atoms with Crippen molar-refractivity contribution in [2.24, 2.45) is 5.92 Å². The van der Waals surface area contributed by atoms with E-state index < -0.39 is 0 Å². The van der Waals surface area contributed by atoms with Crippen LogP contribution < -0.4 is 15.5 Å². The molecular formula is C26H31N5O3S. The summed E-state index contributed by atoms with van der Waals surface area (Å²) in [5.41, 5.74) is 3.45. The molecule has 4 heterocycles. The summed E-state index contributed by atoms with van der Waals surface area (Å²) in [5.74, 6) is 0.616. The van der Waals surface area contributed by atoms with Gasteiger partial charge < -0.3 is 25.3 Å². The van der Waals surface area contributed by atoms with Gasteiger partial charge in [-0.05, 0) is 56.7 Å². The first kappa shape index (κ1) is 22.5. The van der Waals surface area contributed by atoms with Crippen molar-refractivity contribution < 1.29 is 14.3 Å². The van der Waals surface area contributed by atoms with E-state index in [1.807, 2.05) is 38.2 Å². The largest absolute Gasteiger partial charge is 0.377 e. The lowest BCUT2D eigenvalue weighted by molar-refractivity contribution is 0.0899. The first-order valence-electron chi connectivity index (χ1n) is 12.4. The van der Waals surface area contributed by atoms with Gasteiger partial charge in [-0.15, -0.1) is 0 Å². The smallest absolute Gasteiger partial charge is 0.263 e. The average Bonchev–Trinajstić information content (AvgIpc) is 3.44. The number of nitrogens with one attached hydrogen (secondary N) is 3. The number of ether oxygens (including phenoxy) is 1. The fourth-order valence-electron chi connectivity index (χ4n) is 5.07. The van der Waals surface area contributed by atoms with Crippen LogP contribution in [0.15, 0.2) is 24.4 Å². The predicted molar refractivity (Wildman–Crippen MR) is 136 cm³/mol. The molecule has 2 fully saturated rings. The number of carbonyl (C=O) groups is 2. The molecule has 0 bridgehead atoms. The molecule has 6 rings (SSSR count). The number of thiazole rings is 1. The topological polar surface area (TPSA) is 99.3 Å². The Morgan fingerprint density at radius 2 is 2.20 bits per heavy atom. The molecule has 35 heavy (non-hydrogen) atoms. The molecule has 9 heteroatoms. The third-order valence-electron chi connectivity index (χ3n) is 7.16. The number of nitrogens with zero attached hydrogens (tertiary/aromatic N) is 2. The Hall–Kier alpha value is -2.91. The van der Waals surface area contributed by atoms with E-state index in [-0.39, 0.29) is 23.4 Å². The number of hydrogen-bond acceptors (Lipinski definition) is 6. The van der Waals surface area contributed by atoms with Crippen LogP contribution in [0.4, 0.5) is 5.13 Å². The molecule has 3 N–H and O–H groups in total. The van der Waals surface area contributed by atoms with Gasteiger partial charge in [-0.2, -0.15) is 0 Å². The van der Waals surface area contributed by atoms with Gasteiger partial charge in [0.1, 0.15) is 4.88 Å². The molecule has 2 amide bonds. The van der Waals surface area contributed by atoms with Crippen molar-refractivity contribution in [3.05, 3.63) is 46.1 Å². The zero-order valence-corrected chi connectivity index (χ0v) is 21.0. The number of carbonyl (C=O) groups excluding carboxylic acids is 2. The Balaban J connectivity index is 1.21. The summed E-state index contributed by atoms with van der Waals surface area (Å²) in [5, 5.41) is 8.13. The summed E-state index contributed by atoms with van der Waals surface area (Å²) < 4.78 is 5.85. The lowest BCUT2D eigenvalue weighted by Crippen LogP contribution is -2.48. The monoisotopic (exact) mass is 493 g/mol. The Morgan fingerprint density at radius 3 is 3.03 bits per heavy atom. The molecule has 1 saturated carbocycles. The summed E-state index contributed by atoms with van der Waals surface area (Å²) in [7, 11) is 0. The molecule has 1 saturated heterocycles. The highest BCUT2D eigenvalue weighted by Crippen LogP contribution is 2.34. The lowest BCUT2D eigenvalue weighted by Gasteiger charge is -2.35. The third kappa shape index (κ3) is 4.54. The van der Waals surface area contributed by atoms with Gasteiger partial charge in [-0.1, -0.05) is 17.4 Å². The van der Waals surface area contributed by atoms with Crippen LogP contribution in [-0.2, 0) is 17.6 Å². The number of anilines is 1. The third-order valence-corrected chi connectivity index (χ3v) is 8.29. The van der Waals surface area contributed by atoms with Crippen molar-refractivity contribution in [1.82, 2.24) is 20.6 Å². The zero-order valence-electron chi connectivity index (χ0n) is 20.1. The standard InChI is InChI=1S/C26H31N5O3S/c1-26(2)11-21-22(24(33)30-26)35-25(29-21)31-7-8-34-14-18(31)9-17-13-27-20-10-16(5-6-19(17)20)23(32)28-12-15-3-4-15/h5-6,10,13,15,18,27H,3-4,7-9,11-12,14H2,1-2H3,(H,28,32)(H,30,33)/t18-/m0/s1.